The van der Waals surface area contributed by atoms with Crippen molar-refractivity contribution in [2.24, 2.45) is 11.8 Å². The van der Waals surface area contributed by atoms with Crippen molar-refractivity contribution in [3.8, 4) is 5.75 Å². The summed E-state index contributed by atoms with van der Waals surface area (Å²) in [6.45, 7) is 0. The Balaban J connectivity index is 1.60. The normalized spacial score (nSPS) is 20.0. The molecule has 2 aliphatic rings. The number of hydrogen-bond acceptors (Lipinski definition) is 5. The summed E-state index contributed by atoms with van der Waals surface area (Å²) in [4.78, 5) is 39.0. The first kappa shape index (κ1) is 21.4. The van der Waals surface area contributed by atoms with Crippen molar-refractivity contribution in [2.45, 2.75) is 44.9 Å². The first-order chi connectivity index (χ1) is 15.0. The molecule has 1 aromatic heterocycles. The Morgan fingerprint density at radius 3 is 2.52 bits per heavy atom. The summed E-state index contributed by atoms with van der Waals surface area (Å²) >= 11 is 1.43. The van der Waals surface area contributed by atoms with Gasteiger partial charge in [-0.05, 0) is 49.8 Å². The molecular formula is C23H26N2O5S. The van der Waals surface area contributed by atoms with Crippen LogP contribution in [0.2, 0.25) is 0 Å². The minimum atomic E-state index is -0.928. The van der Waals surface area contributed by atoms with Gasteiger partial charge < -0.3 is 20.5 Å². The molecule has 0 radical (unpaired) electrons. The summed E-state index contributed by atoms with van der Waals surface area (Å²) in [5, 5.41) is 15.9. The highest BCUT2D eigenvalue weighted by atomic mass is 32.1. The number of carbonyl (C=O) groups is 3. The van der Waals surface area contributed by atoms with Crippen LogP contribution in [0, 0.1) is 11.8 Å². The van der Waals surface area contributed by atoms with Crippen molar-refractivity contribution < 1.29 is 24.2 Å². The maximum atomic E-state index is 13.2. The van der Waals surface area contributed by atoms with Gasteiger partial charge in [-0.1, -0.05) is 25.0 Å². The van der Waals surface area contributed by atoms with Crippen LogP contribution in [0.25, 0.3) is 0 Å². The minimum absolute atomic E-state index is 0.294. The van der Waals surface area contributed by atoms with Crippen LogP contribution in [-0.2, 0) is 22.4 Å². The number of amides is 2. The zero-order valence-corrected chi connectivity index (χ0v) is 18.2. The van der Waals surface area contributed by atoms with Gasteiger partial charge in [0.15, 0.2) is 0 Å². The lowest BCUT2D eigenvalue weighted by Crippen LogP contribution is -2.36. The highest BCUT2D eigenvalue weighted by Crippen LogP contribution is 2.41. The fourth-order valence-electron chi connectivity index (χ4n) is 4.61. The van der Waals surface area contributed by atoms with E-state index in [1.165, 1.54) is 11.3 Å². The second-order valence-corrected chi connectivity index (χ2v) is 9.15. The van der Waals surface area contributed by atoms with Crippen molar-refractivity contribution in [3.63, 3.8) is 0 Å². The molecule has 1 saturated carbocycles. The molecular weight excluding hydrogens is 416 g/mol. The third-order valence-corrected chi connectivity index (χ3v) is 7.37. The predicted molar refractivity (Wildman–Crippen MR) is 119 cm³/mol. The van der Waals surface area contributed by atoms with E-state index in [9.17, 15) is 19.5 Å². The van der Waals surface area contributed by atoms with Crippen LogP contribution in [0.1, 0.15) is 52.9 Å². The van der Waals surface area contributed by atoms with Crippen molar-refractivity contribution in [1.82, 2.24) is 0 Å². The van der Waals surface area contributed by atoms with Gasteiger partial charge in [-0.2, -0.15) is 0 Å². The number of anilines is 2. The van der Waals surface area contributed by atoms with Gasteiger partial charge in [-0.3, -0.25) is 14.4 Å². The highest BCUT2D eigenvalue weighted by Gasteiger charge is 2.37. The molecule has 164 valence electrons. The fraction of sp³-hybridized carbons (Fsp3) is 0.435. The Kier molecular flexibility index (Phi) is 6.27. The van der Waals surface area contributed by atoms with Crippen LogP contribution in [0.3, 0.4) is 0 Å². The topological polar surface area (TPSA) is 105 Å². The van der Waals surface area contributed by atoms with E-state index in [0.717, 1.165) is 42.5 Å². The molecule has 2 aromatic rings. The van der Waals surface area contributed by atoms with E-state index in [2.05, 4.69) is 10.6 Å². The third kappa shape index (κ3) is 4.30. The van der Waals surface area contributed by atoms with Crippen LogP contribution >= 0.6 is 11.3 Å². The molecule has 0 bridgehead atoms. The van der Waals surface area contributed by atoms with Gasteiger partial charge in [0.05, 0.1) is 30.2 Å². The number of carboxylic acids is 1. The number of rotatable bonds is 6. The van der Waals surface area contributed by atoms with Crippen molar-refractivity contribution in [1.29, 1.82) is 0 Å². The molecule has 2 amide bonds. The Bertz CT molecular complexity index is 1020. The van der Waals surface area contributed by atoms with E-state index in [1.807, 2.05) is 12.1 Å². The van der Waals surface area contributed by atoms with E-state index < -0.39 is 17.8 Å². The molecule has 31 heavy (non-hydrogen) atoms. The van der Waals surface area contributed by atoms with Crippen LogP contribution in [0.5, 0.6) is 5.75 Å². The van der Waals surface area contributed by atoms with Crippen LogP contribution in [-0.4, -0.2) is 30.0 Å². The Morgan fingerprint density at radius 2 is 1.77 bits per heavy atom. The van der Waals surface area contributed by atoms with E-state index in [4.69, 9.17) is 4.74 Å². The van der Waals surface area contributed by atoms with Crippen LogP contribution in [0.4, 0.5) is 10.7 Å². The molecule has 0 unspecified atom stereocenters. The summed E-state index contributed by atoms with van der Waals surface area (Å²) in [6.07, 6.45) is 5.37. The van der Waals surface area contributed by atoms with Crippen molar-refractivity contribution in [3.05, 3.63) is 40.3 Å². The molecule has 1 heterocycles. The number of fused-ring (bicyclic) bond motifs is 1. The molecule has 0 aliphatic heterocycles. The number of hydrogen-bond donors (Lipinski definition) is 3. The zero-order chi connectivity index (χ0) is 22.0. The largest absolute Gasteiger partial charge is 0.495 e. The summed E-state index contributed by atoms with van der Waals surface area (Å²) in [5.74, 6) is -2.22. The van der Waals surface area contributed by atoms with Crippen molar-refractivity contribution >= 4 is 39.8 Å². The van der Waals surface area contributed by atoms with E-state index >= 15 is 0 Å². The molecule has 8 heteroatoms. The summed E-state index contributed by atoms with van der Waals surface area (Å²) in [5.41, 5.74) is 2.02. The summed E-state index contributed by atoms with van der Waals surface area (Å²) in [7, 11) is 1.54. The van der Waals surface area contributed by atoms with E-state index in [-0.39, 0.29) is 11.8 Å². The average Bonchev–Trinajstić information content (AvgIpc) is 3.34. The number of carboxylic acid groups (broad SMARTS) is 1. The molecule has 1 aromatic carbocycles. The van der Waals surface area contributed by atoms with Gasteiger partial charge in [-0.25, -0.2) is 0 Å². The first-order valence-electron chi connectivity index (χ1n) is 10.6. The summed E-state index contributed by atoms with van der Waals surface area (Å²) < 4.78 is 5.33. The maximum Gasteiger partial charge on any atom is 0.307 e. The zero-order valence-electron chi connectivity index (χ0n) is 17.4. The summed E-state index contributed by atoms with van der Waals surface area (Å²) in [6, 6.07) is 7.17. The lowest BCUT2D eigenvalue weighted by atomic mass is 9.79. The van der Waals surface area contributed by atoms with Crippen LogP contribution < -0.4 is 15.4 Å². The number of methoxy groups -OCH3 is 1. The number of nitrogens with one attached hydrogen (secondary N) is 2. The lowest BCUT2D eigenvalue weighted by Gasteiger charge is -2.27. The maximum absolute atomic E-state index is 13.2. The van der Waals surface area contributed by atoms with Crippen LogP contribution in [0.15, 0.2) is 24.3 Å². The Morgan fingerprint density at radius 1 is 1.03 bits per heavy atom. The SMILES string of the molecule is COc1ccccc1NC(=O)c1c(NC(=O)[C@@H]2CCCC[C@H]2C(=O)O)sc2c1CCC2. The molecule has 1 fully saturated rings. The molecule has 7 nitrogen and oxygen atoms in total. The molecule has 2 aliphatic carbocycles. The monoisotopic (exact) mass is 442 g/mol. The van der Waals surface area contributed by atoms with Crippen molar-refractivity contribution in [2.75, 3.05) is 17.7 Å². The minimum Gasteiger partial charge on any atom is -0.495 e. The second-order valence-electron chi connectivity index (χ2n) is 8.04. The smallest absolute Gasteiger partial charge is 0.307 e. The number of aliphatic carboxylic acids is 1. The Labute approximate surface area is 184 Å². The van der Waals surface area contributed by atoms with E-state index in [0.29, 0.717) is 34.8 Å². The molecule has 3 N–H and O–H groups in total. The molecule has 0 saturated heterocycles. The molecule has 4 rings (SSSR count). The number of aryl methyl sites for hydroxylation is 1. The highest BCUT2D eigenvalue weighted by molar-refractivity contribution is 7.17. The average molecular weight is 443 g/mol. The predicted octanol–water partition coefficient (Wildman–Crippen LogP) is 4.33. The van der Waals surface area contributed by atoms with E-state index in [1.54, 1.807) is 19.2 Å². The van der Waals surface area contributed by atoms with Gasteiger partial charge in [0.25, 0.3) is 5.91 Å². The molecule has 0 spiro atoms. The first-order valence-corrected chi connectivity index (χ1v) is 11.4. The van der Waals surface area contributed by atoms with Gasteiger partial charge in [-0.15, -0.1) is 11.3 Å². The number of ether oxygens (including phenoxy) is 1. The quantitative estimate of drug-likeness (QED) is 0.618. The van der Waals surface area contributed by atoms with Gasteiger partial charge >= 0.3 is 5.97 Å². The second kappa shape index (κ2) is 9.09. The van der Waals surface area contributed by atoms with Gasteiger partial charge in [0, 0.05) is 4.88 Å². The third-order valence-electron chi connectivity index (χ3n) is 6.16. The van der Waals surface area contributed by atoms with Gasteiger partial charge in [0.1, 0.15) is 10.8 Å². The Hall–Kier alpha value is -2.87. The number of benzene rings is 1. The number of thiophene rings is 1. The number of para-hydroxylation sites is 2. The standard InChI is InChI=1S/C23H26N2O5S/c1-30-17-11-5-4-10-16(17)24-21(27)19-15-9-6-12-18(15)31-22(19)25-20(26)13-7-2-3-8-14(13)23(28)29/h4-5,10-11,13-14H,2-3,6-9,12H2,1H3,(H,24,27)(H,25,26)(H,28,29)/t13-,14-/m1/s1. The molecule has 2 atom stereocenters. The fourth-order valence-corrected chi connectivity index (χ4v) is 5.90. The lowest BCUT2D eigenvalue weighted by molar-refractivity contribution is -0.147. The van der Waals surface area contributed by atoms with Gasteiger partial charge in [0.2, 0.25) is 5.91 Å². The number of carbonyl (C=O) groups excluding carboxylic acids is 2.